The van der Waals surface area contributed by atoms with Gasteiger partial charge in [0.25, 0.3) is 0 Å². The molecule has 2 aromatic rings. The van der Waals surface area contributed by atoms with Crippen LogP contribution in [0.4, 0.5) is 0 Å². The van der Waals surface area contributed by atoms with Crippen LogP contribution in [0.15, 0.2) is 48.5 Å². The van der Waals surface area contributed by atoms with Crippen LogP contribution in [0.3, 0.4) is 0 Å². The molecule has 29 heavy (non-hydrogen) atoms. The maximum atomic E-state index is 9.22. The predicted molar refractivity (Wildman–Crippen MR) is 133 cm³/mol. The molecule has 2 aromatic carbocycles. The van der Waals surface area contributed by atoms with E-state index in [1.807, 2.05) is 36.4 Å². The first-order chi connectivity index (χ1) is 13.6. The number of phenolic OH excluding ortho intramolecular Hbond substituents is 1. The Balaban J connectivity index is 0.000000221. The molecule has 0 aromatic heterocycles. The molecule has 1 aliphatic rings. The monoisotopic (exact) mass is 552 g/mol. The largest absolute Gasteiger partial charge is 0.508 e. The van der Waals surface area contributed by atoms with E-state index in [0.717, 1.165) is 17.0 Å². The summed E-state index contributed by atoms with van der Waals surface area (Å²) in [6.45, 7) is 0. The van der Waals surface area contributed by atoms with Crippen LogP contribution in [-0.4, -0.2) is 37.4 Å². The van der Waals surface area contributed by atoms with Crippen LogP contribution >= 0.6 is 93.8 Å². The summed E-state index contributed by atoms with van der Waals surface area (Å²) in [6, 6.07) is 14.9. The van der Waals surface area contributed by atoms with Gasteiger partial charge in [0.15, 0.2) is 0 Å². The fraction of sp³-hybridized carbons (Fsp3) is 0.400. The van der Waals surface area contributed by atoms with E-state index in [1.165, 1.54) is 5.56 Å². The summed E-state index contributed by atoms with van der Waals surface area (Å²) in [5.41, 5.74) is 2.29. The van der Waals surface area contributed by atoms with Gasteiger partial charge in [-0.1, -0.05) is 35.9 Å². The van der Waals surface area contributed by atoms with Crippen LogP contribution in [0.1, 0.15) is 16.4 Å². The zero-order chi connectivity index (χ0) is 21.7. The lowest BCUT2D eigenvalue weighted by Crippen LogP contribution is -2.52. The Kier molecular flexibility index (Phi) is 10.7. The van der Waals surface area contributed by atoms with Gasteiger partial charge in [0, 0.05) is 10.3 Å². The number of halogens is 7. The third-order valence-corrected chi connectivity index (χ3v) is 9.21. The highest BCUT2D eigenvalue weighted by Crippen LogP contribution is 2.39. The molecular formula is C20H19Cl7OS. The summed E-state index contributed by atoms with van der Waals surface area (Å²) in [5.74, 6) is 0.278. The molecule has 160 valence electrons. The first-order valence-corrected chi connectivity index (χ1v) is 12.2. The standard InChI is InChI=1S/C14H13ClOS.C6H6Cl6/c15-12-5-1-10(2-6-12)9-14(17)11-3-7-13(16)8-4-11;7-1-2(8)4(10)6(12)5(11)3(1)9/h1-8,14,16-17H,9H2;1-6H. The van der Waals surface area contributed by atoms with E-state index < -0.39 is 32.3 Å². The van der Waals surface area contributed by atoms with E-state index >= 15 is 0 Å². The number of alkyl halides is 6. The van der Waals surface area contributed by atoms with Crippen LogP contribution < -0.4 is 0 Å². The van der Waals surface area contributed by atoms with Crippen molar-refractivity contribution in [2.75, 3.05) is 0 Å². The molecule has 0 heterocycles. The summed E-state index contributed by atoms with van der Waals surface area (Å²) in [4.78, 5) is 0. The van der Waals surface area contributed by atoms with Gasteiger partial charge in [0.2, 0.25) is 0 Å². The van der Waals surface area contributed by atoms with Crippen molar-refractivity contribution >= 4 is 93.8 Å². The molecule has 0 amide bonds. The molecular weight excluding hydrogens is 536 g/mol. The average molecular weight is 556 g/mol. The number of benzene rings is 2. The number of aromatic hydroxyl groups is 1. The molecule has 0 aliphatic heterocycles. The van der Waals surface area contributed by atoms with Crippen LogP contribution in [0.2, 0.25) is 5.02 Å². The highest BCUT2D eigenvalue weighted by molar-refractivity contribution is 7.80. The van der Waals surface area contributed by atoms with Crippen molar-refractivity contribution < 1.29 is 5.11 Å². The Morgan fingerprint density at radius 1 is 0.690 bits per heavy atom. The number of thiol groups is 1. The van der Waals surface area contributed by atoms with Crippen molar-refractivity contribution in [1.29, 1.82) is 0 Å². The van der Waals surface area contributed by atoms with Gasteiger partial charge in [0.05, 0.1) is 32.3 Å². The maximum Gasteiger partial charge on any atom is 0.115 e. The molecule has 1 nitrogen and oxygen atoms in total. The summed E-state index contributed by atoms with van der Waals surface area (Å²) < 4.78 is 0. The minimum atomic E-state index is -0.437. The van der Waals surface area contributed by atoms with Gasteiger partial charge in [-0.2, -0.15) is 12.6 Å². The highest BCUT2D eigenvalue weighted by Gasteiger charge is 2.46. The van der Waals surface area contributed by atoms with Crippen LogP contribution in [0.25, 0.3) is 0 Å². The molecule has 0 saturated heterocycles. The molecule has 1 aliphatic carbocycles. The van der Waals surface area contributed by atoms with E-state index in [0.29, 0.717) is 0 Å². The number of phenols is 1. The van der Waals surface area contributed by atoms with Gasteiger partial charge >= 0.3 is 0 Å². The van der Waals surface area contributed by atoms with E-state index in [9.17, 15) is 5.11 Å². The molecule has 1 fully saturated rings. The van der Waals surface area contributed by atoms with Gasteiger partial charge in [-0.15, -0.1) is 69.6 Å². The maximum absolute atomic E-state index is 9.22. The zero-order valence-electron chi connectivity index (χ0n) is 14.9. The Morgan fingerprint density at radius 2 is 1.07 bits per heavy atom. The normalized spacial score (nSPS) is 30.2. The Hall–Kier alpha value is 0.620. The molecule has 1 N–H and O–H groups in total. The number of rotatable bonds is 3. The highest BCUT2D eigenvalue weighted by atomic mass is 35.5. The Morgan fingerprint density at radius 3 is 1.45 bits per heavy atom. The third-order valence-electron chi connectivity index (χ3n) is 4.45. The second-order valence-corrected chi connectivity index (χ2v) is 10.7. The zero-order valence-corrected chi connectivity index (χ0v) is 21.1. The lowest BCUT2D eigenvalue weighted by Gasteiger charge is -2.37. The molecule has 1 atom stereocenters. The first kappa shape index (κ1) is 25.9. The molecule has 3 rings (SSSR count). The van der Waals surface area contributed by atoms with Gasteiger partial charge in [0.1, 0.15) is 5.75 Å². The van der Waals surface area contributed by atoms with E-state index in [-0.39, 0.29) is 11.0 Å². The molecule has 0 bridgehead atoms. The minimum Gasteiger partial charge on any atom is -0.508 e. The van der Waals surface area contributed by atoms with E-state index in [4.69, 9.17) is 81.2 Å². The number of hydrogen-bond donors (Lipinski definition) is 2. The molecule has 0 spiro atoms. The van der Waals surface area contributed by atoms with Crippen molar-refractivity contribution in [2.45, 2.75) is 43.9 Å². The first-order valence-electron chi connectivity index (χ1n) is 8.67. The molecule has 1 unspecified atom stereocenters. The fourth-order valence-corrected chi connectivity index (χ4v) is 5.55. The second-order valence-electron chi connectivity index (χ2n) is 6.60. The van der Waals surface area contributed by atoms with Crippen LogP contribution in [0.5, 0.6) is 5.75 Å². The predicted octanol–water partition coefficient (Wildman–Crippen LogP) is 7.90. The van der Waals surface area contributed by atoms with Gasteiger partial charge in [-0.05, 0) is 41.8 Å². The molecule has 0 radical (unpaired) electrons. The van der Waals surface area contributed by atoms with Crippen molar-refractivity contribution in [3.05, 3.63) is 64.7 Å². The SMILES string of the molecule is ClC1C(Cl)C(Cl)C(Cl)C(Cl)C1Cl.Oc1ccc(C(S)Cc2ccc(Cl)cc2)cc1. The second kappa shape index (κ2) is 12.0. The van der Waals surface area contributed by atoms with E-state index in [2.05, 4.69) is 12.6 Å². The van der Waals surface area contributed by atoms with Gasteiger partial charge in [-0.3, -0.25) is 0 Å². The topological polar surface area (TPSA) is 20.2 Å². The van der Waals surface area contributed by atoms with Crippen LogP contribution in [0, 0.1) is 0 Å². The molecule has 1 saturated carbocycles. The van der Waals surface area contributed by atoms with E-state index in [1.54, 1.807) is 12.1 Å². The smallest absolute Gasteiger partial charge is 0.115 e. The fourth-order valence-electron chi connectivity index (χ4n) is 2.71. The van der Waals surface area contributed by atoms with Gasteiger partial charge in [-0.25, -0.2) is 0 Å². The van der Waals surface area contributed by atoms with Crippen LogP contribution in [-0.2, 0) is 6.42 Å². The summed E-state index contributed by atoms with van der Waals surface area (Å²) in [6.07, 6.45) is 0.838. The van der Waals surface area contributed by atoms with Crippen molar-refractivity contribution in [1.82, 2.24) is 0 Å². The lowest BCUT2D eigenvalue weighted by atomic mass is 9.97. The number of hydrogen-bond acceptors (Lipinski definition) is 2. The summed E-state index contributed by atoms with van der Waals surface area (Å²) in [7, 11) is 0. The summed E-state index contributed by atoms with van der Waals surface area (Å²) in [5, 5.41) is 7.47. The van der Waals surface area contributed by atoms with Crippen molar-refractivity contribution in [3.8, 4) is 5.75 Å². The van der Waals surface area contributed by atoms with Gasteiger partial charge < -0.3 is 5.11 Å². The van der Waals surface area contributed by atoms with Crippen molar-refractivity contribution in [2.24, 2.45) is 0 Å². The lowest BCUT2D eigenvalue weighted by molar-refractivity contribution is 0.475. The summed E-state index contributed by atoms with van der Waals surface area (Å²) >= 11 is 45.7. The Bertz CT molecular complexity index is 700. The quantitative estimate of drug-likeness (QED) is 0.291. The Labute approximate surface area is 211 Å². The van der Waals surface area contributed by atoms with Crippen molar-refractivity contribution in [3.63, 3.8) is 0 Å². The minimum absolute atomic E-state index is 0.122. The average Bonchev–Trinajstić information content (AvgIpc) is 2.72. The third kappa shape index (κ3) is 7.32. The molecule has 9 heteroatoms.